The first-order valence-corrected chi connectivity index (χ1v) is 8.95. The Kier molecular flexibility index (Phi) is 6.07. The molecule has 0 atom stereocenters. The van der Waals surface area contributed by atoms with Gasteiger partial charge >= 0.3 is 6.09 Å². The highest BCUT2D eigenvalue weighted by Crippen LogP contribution is 2.20. The Labute approximate surface area is 149 Å². The third-order valence-electron chi connectivity index (χ3n) is 4.60. The van der Waals surface area contributed by atoms with Crippen molar-refractivity contribution in [2.24, 2.45) is 0 Å². The monoisotopic (exact) mass is 338 g/mol. The maximum atomic E-state index is 11.8. The first kappa shape index (κ1) is 17.5. The Morgan fingerprint density at radius 1 is 1.04 bits per heavy atom. The van der Waals surface area contributed by atoms with E-state index in [1.807, 2.05) is 30.3 Å². The molecule has 1 aliphatic carbocycles. The van der Waals surface area contributed by atoms with Crippen molar-refractivity contribution in [3.8, 4) is 0 Å². The second-order valence-corrected chi connectivity index (χ2v) is 6.76. The van der Waals surface area contributed by atoms with Crippen LogP contribution in [0.1, 0.15) is 29.5 Å². The lowest BCUT2D eigenvalue weighted by molar-refractivity contribution is 0.125. The van der Waals surface area contributed by atoms with E-state index < -0.39 is 0 Å². The summed E-state index contributed by atoms with van der Waals surface area (Å²) >= 11 is 0. The molecule has 3 rings (SSSR count). The van der Waals surface area contributed by atoms with Gasteiger partial charge in [-0.25, -0.2) is 4.79 Å². The van der Waals surface area contributed by atoms with Gasteiger partial charge in [0.25, 0.3) is 0 Å². The first-order chi connectivity index (χ1) is 12.2. The van der Waals surface area contributed by atoms with Crippen molar-refractivity contribution in [3.05, 3.63) is 71.3 Å². The van der Waals surface area contributed by atoms with Gasteiger partial charge in [-0.2, -0.15) is 0 Å². The summed E-state index contributed by atoms with van der Waals surface area (Å²) < 4.78 is 5.25. The molecule has 4 nitrogen and oxygen atoms in total. The van der Waals surface area contributed by atoms with E-state index in [9.17, 15) is 4.79 Å². The number of nitrogens with one attached hydrogen (secondary N) is 2. The predicted molar refractivity (Wildman–Crippen MR) is 99.5 cm³/mol. The van der Waals surface area contributed by atoms with E-state index in [0.717, 1.165) is 31.4 Å². The number of ether oxygens (including phenoxy) is 1. The minimum absolute atomic E-state index is 0.222. The fraction of sp³-hybridized carbons (Fsp3) is 0.381. The summed E-state index contributed by atoms with van der Waals surface area (Å²) in [6, 6.07) is 19.1. The minimum atomic E-state index is -0.327. The van der Waals surface area contributed by atoms with Crippen molar-refractivity contribution in [3.63, 3.8) is 0 Å². The Morgan fingerprint density at radius 3 is 2.56 bits per heavy atom. The second-order valence-electron chi connectivity index (χ2n) is 6.76. The van der Waals surface area contributed by atoms with E-state index in [-0.39, 0.29) is 12.1 Å². The summed E-state index contributed by atoms with van der Waals surface area (Å²) in [7, 11) is 0. The van der Waals surface area contributed by atoms with Gasteiger partial charge in [0.1, 0.15) is 6.61 Å². The lowest BCUT2D eigenvalue weighted by Gasteiger charge is -2.36. The molecule has 4 heteroatoms. The molecule has 2 N–H and O–H groups in total. The van der Waals surface area contributed by atoms with Crippen LogP contribution in [0.3, 0.4) is 0 Å². The molecule has 1 amide bonds. The molecule has 2 aromatic carbocycles. The molecule has 0 aromatic heterocycles. The lowest BCUT2D eigenvalue weighted by atomic mass is 9.87. The molecule has 1 aliphatic rings. The third-order valence-corrected chi connectivity index (χ3v) is 4.60. The molecule has 1 fully saturated rings. The Hall–Kier alpha value is -2.33. The molecular formula is C21H26N2O2. The van der Waals surface area contributed by atoms with Crippen LogP contribution in [0, 0.1) is 6.92 Å². The van der Waals surface area contributed by atoms with Crippen molar-refractivity contribution >= 4 is 6.09 Å². The fourth-order valence-electron chi connectivity index (χ4n) is 3.12. The molecule has 0 radical (unpaired) electrons. The lowest BCUT2D eigenvalue weighted by Crippen LogP contribution is -2.52. The number of rotatable bonds is 7. The predicted octanol–water partition coefficient (Wildman–Crippen LogP) is 3.58. The molecule has 25 heavy (non-hydrogen) atoms. The summed E-state index contributed by atoms with van der Waals surface area (Å²) in [6.45, 7) is 3.41. The molecule has 132 valence electrons. The van der Waals surface area contributed by atoms with Crippen LogP contribution in [0.2, 0.25) is 0 Å². The van der Waals surface area contributed by atoms with Gasteiger partial charge in [-0.1, -0.05) is 60.2 Å². The van der Waals surface area contributed by atoms with Crippen LogP contribution in [0.25, 0.3) is 0 Å². The molecule has 0 aliphatic heterocycles. The molecular weight excluding hydrogens is 312 g/mol. The number of hydrogen-bond acceptors (Lipinski definition) is 3. The quantitative estimate of drug-likeness (QED) is 0.811. The molecule has 0 bridgehead atoms. The van der Waals surface area contributed by atoms with E-state index in [1.54, 1.807) is 0 Å². The largest absolute Gasteiger partial charge is 0.445 e. The number of aryl methyl sites for hydroxylation is 1. The number of hydrogen-bond donors (Lipinski definition) is 2. The maximum Gasteiger partial charge on any atom is 0.407 e. The zero-order chi connectivity index (χ0) is 17.5. The van der Waals surface area contributed by atoms with Crippen LogP contribution in [-0.4, -0.2) is 24.7 Å². The van der Waals surface area contributed by atoms with Gasteiger partial charge in [0.15, 0.2) is 0 Å². The number of carbonyl (C=O) groups excluding carboxylic acids is 1. The van der Waals surface area contributed by atoms with Gasteiger partial charge in [-0.05, 0) is 43.9 Å². The number of benzene rings is 2. The van der Waals surface area contributed by atoms with Gasteiger partial charge in [0.2, 0.25) is 0 Å². The van der Waals surface area contributed by atoms with Crippen LogP contribution >= 0.6 is 0 Å². The van der Waals surface area contributed by atoms with Gasteiger partial charge in [-0.15, -0.1) is 0 Å². The molecule has 0 saturated heterocycles. The topological polar surface area (TPSA) is 50.4 Å². The standard InChI is InChI=1S/C21H26N2O2/c1-16-6-5-9-17(12-16)10-11-22-19-13-20(14-19)23-21(24)25-15-18-7-3-2-4-8-18/h2-9,12,19-20,22H,10-11,13-15H2,1H3,(H,23,24). The van der Waals surface area contributed by atoms with Crippen molar-refractivity contribution in [1.29, 1.82) is 0 Å². The summed E-state index contributed by atoms with van der Waals surface area (Å²) in [5, 5.41) is 6.49. The first-order valence-electron chi connectivity index (χ1n) is 8.95. The summed E-state index contributed by atoms with van der Waals surface area (Å²) in [5.41, 5.74) is 3.67. The minimum Gasteiger partial charge on any atom is -0.445 e. The summed E-state index contributed by atoms with van der Waals surface area (Å²) in [5.74, 6) is 0. The van der Waals surface area contributed by atoms with Gasteiger partial charge in [0, 0.05) is 12.1 Å². The zero-order valence-corrected chi connectivity index (χ0v) is 14.7. The van der Waals surface area contributed by atoms with Crippen molar-refractivity contribution in [2.75, 3.05) is 6.54 Å². The molecule has 1 saturated carbocycles. The molecule has 0 spiro atoms. The number of amides is 1. The smallest absolute Gasteiger partial charge is 0.407 e. The third kappa shape index (κ3) is 5.61. The van der Waals surface area contributed by atoms with Crippen LogP contribution in [-0.2, 0) is 17.8 Å². The average molecular weight is 338 g/mol. The Balaban J connectivity index is 1.27. The van der Waals surface area contributed by atoms with Gasteiger partial charge < -0.3 is 15.4 Å². The van der Waals surface area contributed by atoms with E-state index in [1.165, 1.54) is 11.1 Å². The number of alkyl carbamates (subject to hydrolysis) is 1. The van der Waals surface area contributed by atoms with E-state index >= 15 is 0 Å². The van der Waals surface area contributed by atoms with Crippen LogP contribution in [0.4, 0.5) is 4.79 Å². The highest BCUT2D eigenvalue weighted by molar-refractivity contribution is 5.67. The highest BCUT2D eigenvalue weighted by Gasteiger charge is 2.30. The van der Waals surface area contributed by atoms with Gasteiger partial charge in [0.05, 0.1) is 0 Å². The van der Waals surface area contributed by atoms with E-state index in [2.05, 4.69) is 41.8 Å². The van der Waals surface area contributed by atoms with Crippen molar-refractivity contribution < 1.29 is 9.53 Å². The summed E-state index contributed by atoms with van der Waals surface area (Å²) in [4.78, 5) is 11.8. The fourth-order valence-corrected chi connectivity index (χ4v) is 3.12. The zero-order valence-electron chi connectivity index (χ0n) is 14.7. The summed E-state index contributed by atoms with van der Waals surface area (Å²) in [6.07, 6.45) is 2.64. The molecule has 0 heterocycles. The normalized spacial score (nSPS) is 19.1. The highest BCUT2D eigenvalue weighted by atomic mass is 16.5. The van der Waals surface area contributed by atoms with Crippen LogP contribution < -0.4 is 10.6 Å². The number of carbonyl (C=O) groups is 1. The van der Waals surface area contributed by atoms with Crippen LogP contribution in [0.15, 0.2) is 54.6 Å². The van der Waals surface area contributed by atoms with Gasteiger partial charge in [-0.3, -0.25) is 0 Å². The molecule has 2 aromatic rings. The SMILES string of the molecule is Cc1cccc(CCNC2CC(NC(=O)OCc3ccccc3)C2)c1. The Morgan fingerprint density at radius 2 is 1.80 bits per heavy atom. The Bertz CT molecular complexity index is 681. The second kappa shape index (κ2) is 8.67. The average Bonchev–Trinajstić information content (AvgIpc) is 2.58. The molecule has 0 unspecified atom stereocenters. The van der Waals surface area contributed by atoms with E-state index in [0.29, 0.717) is 12.6 Å². The van der Waals surface area contributed by atoms with Crippen molar-refractivity contribution in [2.45, 2.75) is 44.9 Å². The van der Waals surface area contributed by atoms with Crippen molar-refractivity contribution in [1.82, 2.24) is 10.6 Å². The van der Waals surface area contributed by atoms with E-state index in [4.69, 9.17) is 4.74 Å². The van der Waals surface area contributed by atoms with Crippen LogP contribution in [0.5, 0.6) is 0 Å². The maximum absolute atomic E-state index is 11.8.